The molecule has 0 heterocycles. The van der Waals surface area contributed by atoms with Gasteiger partial charge in [-0.2, -0.15) is 7.82 Å². The standard InChI is InChI=1S/CH2O3.9Ca.H3O4P/c2-1(3)4;;;;;;;;;;1-5(2,3)4/h(H2,2,3,4);;;;;;;;;;(H3,1,2,3,4)/q;9*+2;/p-5. The fourth-order valence-corrected chi connectivity index (χ4v) is 0. The first-order valence-electron chi connectivity index (χ1n) is 1.34. The second-order valence-electron chi connectivity index (χ2n) is 0.697. The Hall–Kier alpha value is 10.7. The quantitative estimate of drug-likeness (QED) is 0.230. The number of carbonyl (C=O) groups excluding carboxylic acids is 1. The third kappa shape index (κ3) is 154. The van der Waals surface area contributed by atoms with Crippen LogP contribution in [0.4, 0.5) is 4.79 Å². The second kappa shape index (κ2) is 50.9. The van der Waals surface area contributed by atoms with E-state index in [2.05, 4.69) is 0 Å². The summed E-state index contributed by atoms with van der Waals surface area (Å²) in [5, 5.41) is 16.7. The molecule has 0 bridgehead atoms. The molecule has 18 heavy (non-hydrogen) atoms. The van der Waals surface area contributed by atoms with E-state index in [1.54, 1.807) is 0 Å². The van der Waals surface area contributed by atoms with Gasteiger partial charge >= 0.3 is 340 Å². The Morgan fingerprint density at radius 1 is 0.611 bits per heavy atom. The van der Waals surface area contributed by atoms with E-state index in [1.165, 1.54) is 0 Å². The normalized spacial score (nSPS) is 4.61. The Morgan fingerprint density at radius 2 is 0.611 bits per heavy atom. The van der Waals surface area contributed by atoms with Crippen LogP contribution < -0.4 is 24.9 Å². The average Bonchev–Trinajstić information content (AvgIpc) is 1.19. The average molecular weight is 516 g/mol. The molecule has 0 aliphatic rings. The molecule has 0 spiro atoms. The van der Waals surface area contributed by atoms with Crippen molar-refractivity contribution >= 4 is 354 Å². The zero-order valence-corrected chi connectivity index (χ0v) is 30.9. The first-order valence-corrected chi connectivity index (χ1v) is 2.80. The molecule has 0 N–H and O–H groups in total. The minimum Gasteiger partial charge on any atom is -0.822 e. The minimum atomic E-state index is -5.39. The molecule has 0 amide bonds. The molecule has 0 aromatic carbocycles. The van der Waals surface area contributed by atoms with E-state index in [-0.39, 0.29) is 340 Å². The summed E-state index contributed by atoms with van der Waals surface area (Å²) in [5.74, 6) is 0. The number of rotatable bonds is 0. The van der Waals surface area contributed by atoms with Crippen LogP contribution in [-0.4, -0.2) is 346 Å². The Balaban J connectivity index is -0.00000000406. The van der Waals surface area contributed by atoms with Crippen LogP contribution in [0.3, 0.4) is 0 Å². The van der Waals surface area contributed by atoms with E-state index in [9.17, 15) is 0 Å². The van der Waals surface area contributed by atoms with Gasteiger partial charge in [-0.3, -0.25) is 0 Å². The van der Waals surface area contributed by atoms with Crippen LogP contribution in [-0.2, 0) is 4.57 Å². The minimum absolute atomic E-state index is 0. The molecule has 0 aliphatic carbocycles. The molecule has 17 heteroatoms. The van der Waals surface area contributed by atoms with Crippen LogP contribution in [0, 0.1) is 0 Å². The van der Waals surface area contributed by atoms with Gasteiger partial charge < -0.3 is 34.3 Å². The molecule has 0 aliphatic heterocycles. The smallest absolute Gasteiger partial charge is 0.822 e. The molecule has 0 aromatic rings. The zero-order valence-electron chi connectivity index (χ0n) is 10.2. The van der Waals surface area contributed by atoms with E-state index in [4.69, 9.17) is 34.3 Å². The fraction of sp³-hybridized carbons (Fsp3) is 0. The van der Waals surface area contributed by atoms with Crippen molar-refractivity contribution in [2.75, 3.05) is 0 Å². The molecule has 0 saturated carbocycles. The Morgan fingerprint density at radius 3 is 0.611 bits per heavy atom. The summed E-state index contributed by atoms with van der Waals surface area (Å²) in [5.41, 5.74) is 0. The van der Waals surface area contributed by atoms with Gasteiger partial charge in [0.15, 0.2) is 0 Å². The molecular formula is CCa9O7P+13. The van der Waals surface area contributed by atoms with Crippen molar-refractivity contribution in [2.24, 2.45) is 0 Å². The van der Waals surface area contributed by atoms with Crippen molar-refractivity contribution in [3.63, 3.8) is 0 Å². The number of carbonyl (C=O) groups is 1. The van der Waals surface area contributed by atoms with Gasteiger partial charge in [0, 0.05) is 0 Å². The van der Waals surface area contributed by atoms with Crippen molar-refractivity contribution in [1.29, 1.82) is 0 Å². The van der Waals surface area contributed by atoms with Crippen LogP contribution >= 0.6 is 7.82 Å². The van der Waals surface area contributed by atoms with Gasteiger partial charge in [0.25, 0.3) is 0 Å². The monoisotopic (exact) mass is 515 g/mol. The maximum Gasteiger partial charge on any atom is 2.00 e. The zero-order chi connectivity index (χ0) is 8.08. The van der Waals surface area contributed by atoms with Gasteiger partial charge in [0.2, 0.25) is 0 Å². The van der Waals surface area contributed by atoms with Gasteiger partial charge in [-0.05, 0) is 6.16 Å². The molecule has 0 radical (unpaired) electrons. The van der Waals surface area contributed by atoms with Crippen molar-refractivity contribution in [1.82, 2.24) is 0 Å². The summed E-state index contributed by atoms with van der Waals surface area (Å²) >= 11 is 0. The SMILES string of the molecule is O=C([O-])[O-].O=P([O-])([O-])[O-].[Ca+2].[Ca+2].[Ca+2].[Ca+2].[Ca+2].[Ca+2].[Ca+2].[Ca+2].[Ca+2]. The Labute approximate surface area is 374 Å². The summed E-state index contributed by atoms with van der Waals surface area (Å²) in [6.07, 6.45) is -2.33. The van der Waals surface area contributed by atoms with Crippen LogP contribution in [0.1, 0.15) is 0 Å². The molecule has 0 rings (SSSR count). The van der Waals surface area contributed by atoms with Gasteiger partial charge in [0.1, 0.15) is 0 Å². The van der Waals surface area contributed by atoms with Gasteiger partial charge in [-0.15, -0.1) is 0 Å². The van der Waals surface area contributed by atoms with Crippen molar-refractivity contribution in [3.05, 3.63) is 0 Å². The Bertz CT molecular complexity index is 127. The molecule has 56 valence electrons. The molecule has 0 saturated heterocycles. The van der Waals surface area contributed by atoms with Gasteiger partial charge in [-0.25, -0.2) is 0 Å². The molecule has 0 aromatic heterocycles. The summed E-state index contributed by atoms with van der Waals surface area (Å²) < 4.78 is 8.55. The first kappa shape index (κ1) is 70.3. The largest absolute Gasteiger partial charge is 2.00 e. The van der Waals surface area contributed by atoms with Crippen LogP contribution in [0.2, 0.25) is 0 Å². The van der Waals surface area contributed by atoms with Crippen molar-refractivity contribution < 1.29 is 34.3 Å². The number of hydrogen-bond donors (Lipinski definition) is 0. The van der Waals surface area contributed by atoms with E-state index in [1.807, 2.05) is 0 Å². The van der Waals surface area contributed by atoms with Crippen molar-refractivity contribution in [2.45, 2.75) is 0 Å². The van der Waals surface area contributed by atoms with Crippen LogP contribution in [0.15, 0.2) is 0 Å². The van der Waals surface area contributed by atoms with Gasteiger partial charge in [-0.1, -0.05) is 0 Å². The molecule has 0 atom stereocenters. The van der Waals surface area contributed by atoms with E-state index < -0.39 is 14.0 Å². The summed E-state index contributed by atoms with van der Waals surface area (Å²) in [6, 6.07) is 0. The van der Waals surface area contributed by atoms with Crippen LogP contribution in [0.25, 0.3) is 0 Å². The third-order valence-corrected chi connectivity index (χ3v) is 0. The molecule has 0 fully saturated rings. The second-order valence-corrected chi connectivity index (χ2v) is 1.59. The fourth-order valence-electron chi connectivity index (χ4n) is 0. The molecule has 7 nitrogen and oxygen atoms in total. The van der Waals surface area contributed by atoms with E-state index >= 15 is 0 Å². The van der Waals surface area contributed by atoms with E-state index in [0.717, 1.165) is 0 Å². The first-order chi connectivity index (χ1) is 3.73. The topological polar surface area (TPSA) is 149 Å². The maximum absolute atomic E-state index is 8.55. The molecule has 0 unspecified atom stereocenters. The predicted molar refractivity (Wildman–Crippen MR) is 64.8 cm³/mol. The maximum atomic E-state index is 8.55. The van der Waals surface area contributed by atoms with Gasteiger partial charge in [0.05, 0.1) is 0 Å². The van der Waals surface area contributed by atoms with Crippen molar-refractivity contribution in [3.8, 4) is 0 Å². The van der Waals surface area contributed by atoms with E-state index in [0.29, 0.717) is 0 Å². The number of phosphoric acid groups is 1. The van der Waals surface area contributed by atoms with Crippen LogP contribution in [0.5, 0.6) is 0 Å². The number of hydrogen-bond acceptors (Lipinski definition) is 7. The summed E-state index contributed by atoms with van der Waals surface area (Å²) in [7, 11) is -5.39. The molecular weight excluding hydrogens is 516 g/mol. The summed E-state index contributed by atoms with van der Waals surface area (Å²) in [4.78, 5) is 34.0. The Kier molecular flexibility index (Phi) is 199. The summed E-state index contributed by atoms with van der Waals surface area (Å²) in [6.45, 7) is 0. The number of carboxylic acid groups (broad SMARTS) is 2. The predicted octanol–water partition coefficient (Wildman–Crippen LogP) is -8.70. The third-order valence-electron chi connectivity index (χ3n) is 0.